The van der Waals surface area contributed by atoms with Gasteiger partial charge in [0.05, 0.1) is 102 Å². The Hall–Kier alpha value is -8.16. The Labute approximate surface area is 790 Å². The van der Waals surface area contributed by atoms with E-state index in [2.05, 4.69) is 117 Å². The summed E-state index contributed by atoms with van der Waals surface area (Å²) in [5.41, 5.74) is 8.35. The number of rotatable bonds is 20. The molecule has 0 bridgehead atoms. The highest BCUT2D eigenvalue weighted by atomic mass is 79.9. The lowest BCUT2D eigenvalue weighted by molar-refractivity contribution is -0.142. The lowest BCUT2D eigenvalue weighted by Crippen LogP contribution is -2.52. The Morgan fingerprint density at radius 3 is 1.18 bits per heavy atom. The summed E-state index contributed by atoms with van der Waals surface area (Å²) in [7, 11) is 6.11. The van der Waals surface area contributed by atoms with Crippen molar-refractivity contribution < 1.29 is 114 Å². The van der Waals surface area contributed by atoms with Crippen molar-refractivity contribution in [1.82, 2.24) is 16.0 Å². The molecule has 11 N–H and O–H groups in total. The molecule has 0 saturated carbocycles. The first-order valence-electron chi connectivity index (χ1n) is 39.0. The third-order valence-corrected chi connectivity index (χ3v) is 18.7. The lowest BCUT2D eigenvalue weighted by Gasteiger charge is -2.29. The molecule has 6 aromatic carbocycles. The van der Waals surface area contributed by atoms with Crippen LogP contribution in [0.1, 0.15) is 138 Å². The Morgan fingerprint density at radius 1 is 0.480 bits per heavy atom. The van der Waals surface area contributed by atoms with E-state index >= 15 is 0 Å². The van der Waals surface area contributed by atoms with Gasteiger partial charge in [-0.2, -0.15) is 0 Å². The fourth-order valence-electron chi connectivity index (χ4n) is 9.37. The second-order valence-corrected chi connectivity index (χ2v) is 39.6. The van der Waals surface area contributed by atoms with E-state index in [-0.39, 0.29) is 78.4 Å². The summed E-state index contributed by atoms with van der Waals surface area (Å²) in [6.07, 6.45) is -2.28. The first-order valence-corrected chi connectivity index (χ1v) is 43.8. The van der Waals surface area contributed by atoms with E-state index in [0.717, 1.165) is 30.2 Å². The number of nitrogens with two attached hydrogens (primary N) is 2. The number of aliphatic hydroxyl groups excluding tert-OH is 2. The molecule has 1 heterocycles. The van der Waals surface area contributed by atoms with Gasteiger partial charge in [-0.1, -0.05) is 109 Å². The van der Waals surface area contributed by atoms with Crippen LogP contribution in [0, 0.1) is 40.9 Å². The fraction of sp³-hybridized carbons (Fsp3) is 0.483. The molecule has 0 spiro atoms. The predicted octanol–water partition coefficient (Wildman–Crippen LogP) is 17.9. The molecule has 0 saturated heterocycles. The molecule has 0 radical (unpaired) electrons. The topological polar surface area (TPSA) is 392 Å². The quantitative estimate of drug-likeness (QED) is 0.0195. The lowest BCUT2D eigenvalue weighted by atomic mass is 10.1. The highest BCUT2D eigenvalue weighted by Gasteiger charge is 2.34. The van der Waals surface area contributed by atoms with Gasteiger partial charge in [0.15, 0.2) is 6.04 Å². The molecule has 8 amide bonds. The summed E-state index contributed by atoms with van der Waals surface area (Å²) in [6.45, 7) is 34.7. The number of benzene rings is 6. The minimum Gasteiger partial charge on any atom is -0.491 e. The van der Waals surface area contributed by atoms with Crippen LogP contribution in [0.2, 0.25) is 0 Å². The highest BCUT2D eigenvalue weighted by molar-refractivity contribution is 9.11. The van der Waals surface area contributed by atoms with Gasteiger partial charge in [0.25, 0.3) is 5.91 Å². The zero-order valence-electron chi connectivity index (χ0n) is 75.6. The normalized spacial score (nSPS) is 13.6. The van der Waals surface area contributed by atoms with Gasteiger partial charge in [0, 0.05) is 55.0 Å². The molecule has 0 unspecified atom stereocenters. The molecular formula is C87H119Br6F5N10O19. The zero-order chi connectivity index (χ0) is 98.1. The smallest absolute Gasteiger partial charge is 0.408 e. The number of nitrogens with zero attached hydrogens (tertiary/aromatic N) is 4. The van der Waals surface area contributed by atoms with Crippen LogP contribution < -0.4 is 57.1 Å². The number of halogens is 11. The zero-order valence-corrected chi connectivity index (χ0v) is 85.1. The summed E-state index contributed by atoms with van der Waals surface area (Å²) in [4.78, 5) is 112. The Kier molecular flexibility index (Phi) is 49.0. The minimum atomic E-state index is -1.16. The first kappa shape index (κ1) is 117. The van der Waals surface area contributed by atoms with Crippen molar-refractivity contribution in [3.63, 3.8) is 0 Å². The number of alkyl carbamates (subject to hydrolysis) is 3. The predicted molar refractivity (Wildman–Crippen MR) is 502 cm³/mol. The number of carbonyl (C=O) groups is 9. The molecule has 7 rings (SSSR count). The van der Waals surface area contributed by atoms with E-state index in [9.17, 15) is 65.1 Å². The van der Waals surface area contributed by atoms with Crippen LogP contribution in [0.15, 0.2) is 136 Å². The Morgan fingerprint density at radius 2 is 0.811 bits per heavy atom. The standard InChI is InChI=1S/C19H28BrFN2O4.C18H26BrFN2O4.C12H23NO5.C11H13BrFNO2.C11H12BrNO2.C10H12BrFN2O2.C6H5BrFN/c1-18(2,3)26-11-14(22-17(25)27-19(4,5)6)16(24)23(7)15-10-12(20)8-9-13(15)21;1-17(2,3)25-10-14(22-16(24)26-18(4,5)6)15(23)21-13-9-11(19)7-8-12(13)20;1-11(2,3)17-7-8(9(14)15)13-10(16)18-12(4,5)6;1-7(6-15)11(16)14(2)10-5-8(12)3-4-9(10)13;1-7-6-15-10-4-3-8(12)5-9(10)13(2)11(7)14;1-14(10(16)8(13)5-15)9-4-6(11)2-3-7(9)12;7-4-1-2-5(8)6(9)3-4/h8-10,14H,11H2,1-7H3,(H,22,25);7-9,14H,10H2,1-6H3,(H,21,23)(H,22,24);8H,7H2,1-6H3,(H,13,16)(H,14,15);3-5,7,15H,6H2,1-2H3;3-5,7H,6H2,1-2H3;2-4,8,15H,5,13H2,1H3;1-3H,9H2/t2*14-;8-;2*7-;8-;/m000000./s1. The van der Waals surface area contributed by atoms with E-state index in [0.29, 0.717) is 24.5 Å². The van der Waals surface area contributed by atoms with E-state index < -0.39 is 136 Å². The fourth-order valence-corrected chi connectivity index (χ4v) is 11.5. The maximum absolute atomic E-state index is 14.1. The Bertz CT molecular complexity index is 4570. The average molecular weight is 2180 g/mol. The van der Waals surface area contributed by atoms with Crippen LogP contribution in [-0.4, -0.2) is 195 Å². The molecule has 1 aliphatic rings. The van der Waals surface area contributed by atoms with Crippen LogP contribution in [0.25, 0.3) is 0 Å². The molecular weight excluding hydrogens is 2060 g/mol. The third-order valence-electron chi connectivity index (χ3n) is 15.7. The minimum absolute atomic E-state index is 0.00359. The summed E-state index contributed by atoms with van der Waals surface area (Å²) in [6, 6.07) is 22.9. The molecule has 40 heteroatoms. The molecule has 0 aromatic heterocycles. The van der Waals surface area contributed by atoms with Crippen molar-refractivity contribution in [1.29, 1.82) is 0 Å². The summed E-state index contributed by atoms with van der Waals surface area (Å²) in [5.74, 6) is -5.46. The van der Waals surface area contributed by atoms with Crippen LogP contribution in [-0.2, 0) is 57.2 Å². The van der Waals surface area contributed by atoms with Crippen molar-refractivity contribution in [2.24, 2.45) is 17.6 Å². The van der Waals surface area contributed by atoms with Gasteiger partial charge in [-0.15, -0.1) is 0 Å². The number of amides is 8. The van der Waals surface area contributed by atoms with Crippen molar-refractivity contribution in [2.75, 3.05) is 98.5 Å². The number of carbonyl (C=O) groups excluding carboxylic acids is 8. The molecule has 1 aliphatic heterocycles. The second-order valence-electron chi connectivity index (χ2n) is 34.1. The van der Waals surface area contributed by atoms with Gasteiger partial charge < -0.3 is 101 Å². The van der Waals surface area contributed by atoms with Crippen LogP contribution in [0.5, 0.6) is 5.75 Å². The summed E-state index contributed by atoms with van der Waals surface area (Å²) in [5, 5.41) is 36.3. The number of likely N-dealkylation sites (N-methyl/N-ethyl adjacent to an activating group) is 2. The van der Waals surface area contributed by atoms with Gasteiger partial charge in [-0.05, 0) is 234 Å². The number of fused-ring (bicyclic) bond motifs is 1. The number of aliphatic hydroxyl groups is 2. The van der Waals surface area contributed by atoms with Gasteiger partial charge in [0.1, 0.15) is 69.8 Å². The Balaban J connectivity index is 0.000000756. The number of ether oxygens (including phenoxy) is 7. The van der Waals surface area contributed by atoms with Gasteiger partial charge in [0.2, 0.25) is 23.6 Å². The number of hydrogen-bond acceptors (Lipinski definition) is 20. The molecule has 0 aliphatic carbocycles. The van der Waals surface area contributed by atoms with E-state index in [4.69, 9.17) is 59.9 Å². The summed E-state index contributed by atoms with van der Waals surface area (Å²) >= 11 is 19.4. The van der Waals surface area contributed by atoms with Crippen LogP contribution >= 0.6 is 95.6 Å². The molecule has 0 fully saturated rings. The van der Waals surface area contributed by atoms with Crippen molar-refractivity contribution in [3.8, 4) is 5.75 Å². The molecule has 708 valence electrons. The van der Waals surface area contributed by atoms with Gasteiger partial charge >= 0.3 is 24.2 Å². The number of hydrogen-bond donors (Lipinski definition) is 9. The van der Waals surface area contributed by atoms with Gasteiger partial charge in [-0.25, -0.2) is 41.1 Å². The number of anilines is 6. The molecule has 6 aromatic rings. The number of nitrogen functional groups attached to an aromatic ring is 1. The third kappa shape index (κ3) is 46.8. The van der Waals surface area contributed by atoms with Gasteiger partial charge in [-0.3, -0.25) is 24.0 Å². The SMILES string of the molecule is CC(C)(C)OC[C@H](NC(=O)OC(C)(C)C)C(=O)Nc1cc(Br)ccc1F.CC(C)(C)OC[C@H](NC(=O)OC(C)(C)C)C(=O)O.CN(C(=O)[C@@H](N)CO)c1cc(Br)ccc1F.CN(C(=O)[C@H](COC(C)(C)C)NC(=O)OC(C)(C)C)c1cc(Br)ccc1F.C[C@@H](CO)C(=O)N(C)c1cc(Br)ccc1F.C[C@H]1COc2ccc(Br)cc2N(C)C1=O.Nc1cc(Br)ccc1F. The maximum atomic E-state index is 14.1. The van der Waals surface area contributed by atoms with Crippen LogP contribution in [0.4, 0.5) is 70.5 Å². The van der Waals surface area contributed by atoms with E-state index in [1.165, 1.54) is 105 Å². The largest absolute Gasteiger partial charge is 0.491 e. The van der Waals surface area contributed by atoms with E-state index in [1.807, 2.05) is 66.7 Å². The van der Waals surface area contributed by atoms with Crippen molar-refractivity contribution >= 4 is 183 Å². The average Bonchev–Trinajstić information content (AvgIpc) is 1.82. The van der Waals surface area contributed by atoms with Crippen molar-refractivity contribution in [2.45, 2.75) is 196 Å². The summed E-state index contributed by atoms with van der Waals surface area (Å²) < 4.78 is 109. The first-order chi connectivity index (χ1) is 58.1. The van der Waals surface area contributed by atoms with E-state index in [1.54, 1.807) is 114 Å². The number of aliphatic carboxylic acids is 1. The maximum Gasteiger partial charge on any atom is 0.408 e. The monoisotopic (exact) mass is 2180 g/mol. The number of carboxylic acid groups (broad SMARTS) is 1. The molecule has 6 atom stereocenters. The van der Waals surface area contributed by atoms with Crippen LogP contribution in [0.3, 0.4) is 0 Å². The molecule has 29 nitrogen and oxygen atoms in total. The highest BCUT2D eigenvalue weighted by Crippen LogP contribution is 2.35. The number of carboxylic acids is 1. The van der Waals surface area contributed by atoms with Crippen molar-refractivity contribution in [3.05, 3.63) is 165 Å². The number of nitrogens with one attached hydrogen (secondary N) is 4. The molecule has 127 heavy (non-hydrogen) atoms. The second kappa shape index (κ2) is 53.2.